The van der Waals surface area contributed by atoms with Gasteiger partial charge in [-0.2, -0.15) is 0 Å². The van der Waals surface area contributed by atoms with Crippen LogP contribution in [0.1, 0.15) is 94.5 Å². The summed E-state index contributed by atoms with van der Waals surface area (Å²) in [5.41, 5.74) is 1.95. The third kappa shape index (κ3) is 6.03. The van der Waals surface area contributed by atoms with Crippen LogP contribution in [0.25, 0.3) is 11.8 Å². The molecule has 2 saturated carbocycles. The number of aromatic carboxylic acids is 1. The Labute approximate surface area is 209 Å². The van der Waals surface area contributed by atoms with E-state index in [0.29, 0.717) is 11.8 Å². The highest BCUT2D eigenvalue weighted by Crippen LogP contribution is 2.33. The summed E-state index contributed by atoms with van der Waals surface area (Å²) in [6.07, 6.45) is 16.3. The van der Waals surface area contributed by atoms with Crippen LogP contribution in [-0.4, -0.2) is 32.8 Å². The minimum absolute atomic E-state index is 0.0113. The molecule has 1 aromatic heterocycles. The van der Waals surface area contributed by atoms with Crippen LogP contribution in [0.15, 0.2) is 36.5 Å². The van der Waals surface area contributed by atoms with Gasteiger partial charge in [-0.25, -0.2) is 9.48 Å². The van der Waals surface area contributed by atoms with Gasteiger partial charge >= 0.3 is 5.97 Å². The van der Waals surface area contributed by atoms with E-state index in [1.807, 2.05) is 38.1 Å². The average molecular weight is 478 g/mol. The lowest BCUT2D eigenvalue weighted by molar-refractivity contribution is -0.123. The molecule has 0 unspecified atom stereocenters. The molecular weight excluding hydrogens is 438 g/mol. The predicted molar refractivity (Wildman–Crippen MR) is 140 cm³/mol. The molecule has 2 fully saturated rings. The standard InChI is InChI=1S/C29H39N3O3/c1-20(2)32(28(33)24-15-9-21(3)10-16-24)27-26(29(34)35)19-31(30-27)25-17-13-23(14-18-25)12-11-22-7-5-4-6-8-22/h11-14,17-22,24H,4-10,15-16H2,1-3H3,(H,34,35)/b12-11+/t21-,24-. The smallest absolute Gasteiger partial charge is 0.341 e. The Hall–Kier alpha value is -2.89. The highest BCUT2D eigenvalue weighted by Gasteiger charge is 2.34. The summed E-state index contributed by atoms with van der Waals surface area (Å²) < 4.78 is 1.58. The second-order valence-corrected chi connectivity index (χ2v) is 10.7. The van der Waals surface area contributed by atoms with Crippen LogP contribution in [0.2, 0.25) is 0 Å². The quantitative estimate of drug-likeness (QED) is 0.480. The summed E-state index contributed by atoms with van der Waals surface area (Å²) in [7, 11) is 0. The minimum atomic E-state index is -1.07. The number of carboxylic acids is 1. The molecule has 2 aliphatic rings. The van der Waals surface area contributed by atoms with E-state index in [4.69, 9.17) is 0 Å². The molecule has 2 aliphatic carbocycles. The average Bonchev–Trinajstić information content (AvgIpc) is 3.29. The number of nitrogens with zero attached hydrogens (tertiary/aromatic N) is 3. The SMILES string of the molecule is CC(C)N(c1nn(-c2ccc(/C=C/C3CCCCC3)cc2)cc1C(=O)O)C(=O)[C@H]1CC[C@H](C)CC1. The van der Waals surface area contributed by atoms with Crippen molar-refractivity contribution in [3.63, 3.8) is 0 Å². The Balaban J connectivity index is 1.57. The van der Waals surface area contributed by atoms with Crippen molar-refractivity contribution < 1.29 is 14.7 Å². The van der Waals surface area contributed by atoms with E-state index in [2.05, 4.69) is 24.2 Å². The second kappa shape index (κ2) is 11.2. The van der Waals surface area contributed by atoms with Crippen LogP contribution in [0.4, 0.5) is 5.82 Å². The van der Waals surface area contributed by atoms with Gasteiger partial charge in [-0.15, -0.1) is 5.10 Å². The molecule has 0 spiro atoms. The van der Waals surface area contributed by atoms with Crippen molar-refractivity contribution in [1.29, 1.82) is 0 Å². The number of allylic oxidation sites excluding steroid dienone is 1. The first-order chi connectivity index (χ1) is 16.8. The lowest BCUT2D eigenvalue weighted by Gasteiger charge is -2.32. The van der Waals surface area contributed by atoms with Gasteiger partial charge in [0.15, 0.2) is 5.82 Å². The summed E-state index contributed by atoms with van der Waals surface area (Å²) in [6, 6.07) is 7.78. The van der Waals surface area contributed by atoms with Gasteiger partial charge < -0.3 is 5.11 Å². The van der Waals surface area contributed by atoms with Gasteiger partial charge in [-0.05, 0) is 81.9 Å². The number of hydrogen-bond donors (Lipinski definition) is 1. The lowest BCUT2D eigenvalue weighted by atomic mass is 9.82. The number of hydrogen-bond acceptors (Lipinski definition) is 3. The first-order valence-corrected chi connectivity index (χ1v) is 13.3. The van der Waals surface area contributed by atoms with E-state index in [-0.39, 0.29) is 29.2 Å². The molecule has 1 amide bonds. The van der Waals surface area contributed by atoms with E-state index >= 15 is 0 Å². The Morgan fingerprint density at radius 1 is 1.03 bits per heavy atom. The lowest BCUT2D eigenvalue weighted by Crippen LogP contribution is -2.43. The number of rotatable bonds is 7. The molecule has 1 aromatic carbocycles. The maximum absolute atomic E-state index is 13.5. The zero-order chi connectivity index (χ0) is 24.9. The zero-order valence-corrected chi connectivity index (χ0v) is 21.3. The van der Waals surface area contributed by atoms with Crippen molar-refractivity contribution in [1.82, 2.24) is 9.78 Å². The third-order valence-electron chi connectivity index (χ3n) is 7.64. The molecule has 35 heavy (non-hydrogen) atoms. The number of carbonyl (C=O) groups is 2. The summed E-state index contributed by atoms with van der Waals surface area (Å²) in [5, 5.41) is 14.5. The molecule has 0 bridgehead atoms. The van der Waals surface area contributed by atoms with E-state index in [1.165, 1.54) is 38.3 Å². The minimum Gasteiger partial charge on any atom is -0.477 e. The normalized spacial score (nSPS) is 21.5. The van der Waals surface area contributed by atoms with Gasteiger partial charge in [0.1, 0.15) is 5.56 Å². The van der Waals surface area contributed by atoms with Crippen LogP contribution in [0.3, 0.4) is 0 Å². The maximum atomic E-state index is 13.5. The fraction of sp³-hybridized carbons (Fsp3) is 0.552. The van der Waals surface area contributed by atoms with Gasteiger partial charge in [0, 0.05) is 18.2 Å². The van der Waals surface area contributed by atoms with Gasteiger partial charge in [0.05, 0.1) is 5.69 Å². The number of carboxylic acid groups (broad SMARTS) is 1. The molecule has 1 N–H and O–H groups in total. The number of benzene rings is 1. The zero-order valence-electron chi connectivity index (χ0n) is 21.3. The number of amides is 1. The Morgan fingerprint density at radius 3 is 2.29 bits per heavy atom. The summed E-state index contributed by atoms with van der Waals surface area (Å²) >= 11 is 0. The monoisotopic (exact) mass is 477 g/mol. The first kappa shape index (κ1) is 25.2. The first-order valence-electron chi connectivity index (χ1n) is 13.3. The topological polar surface area (TPSA) is 75.4 Å². The Bertz CT molecular complexity index is 1040. The van der Waals surface area contributed by atoms with Gasteiger partial charge in [-0.1, -0.05) is 50.5 Å². The number of anilines is 1. The van der Waals surface area contributed by atoms with Crippen molar-refractivity contribution in [2.75, 3.05) is 4.90 Å². The Kier molecular flexibility index (Phi) is 8.09. The number of aromatic nitrogens is 2. The molecule has 0 saturated heterocycles. The number of carbonyl (C=O) groups excluding carboxylic acids is 1. The molecule has 1 heterocycles. The highest BCUT2D eigenvalue weighted by atomic mass is 16.4. The largest absolute Gasteiger partial charge is 0.477 e. The fourth-order valence-electron chi connectivity index (χ4n) is 5.45. The molecular formula is C29H39N3O3. The molecule has 0 atom stereocenters. The molecule has 6 nitrogen and oxygen atoms in total. The van der Waals surface area contributed by atoms with Crippen LogP contribution in [0, 0.1) is 17.8 Å². The van der Waals surface area contributed by atoms with Crippen molar-refractivity contribution >= 4 is 23.8 Å². The van der Waals surface area contributed by atoms with Gasteiger partial charge in [0.25, 0.3) is 0 Å². The van der Waals surface area contributed by atoms with Crippen LogP contribution in [0.5, 0.6) is 0 Å². The van der Waals surface area contributed by atoms with Gasteiger partial charge in [0.2, 0.25) is 5.91 Å². The van der Waals surface area contributed by atoms with E-state index in [0.717, 1.165) is 36.9 Å². The maximum Gasteiger partial charge on any atom is 0.341 e. The van der Waals surface area contributed by atoms with Crippen molar-refractivity contribution in [2.45, 2.75) is 84.6 Å². The van der Waals surface area contributed by atoms with E-state index < -0.39 is 5.97 Å². The van der Waals surface area contributed by atoms with Crippen LogP contribution < -0.4 is 4.90 Å². The molecule has 2 aromatic rings. The summed E-state index contributed by atoms with van der Waals surface area (Å²) in [6.45, 7) is 6.06. The summed E-state index contributed by atoms with van der Waals surface area (Å²) in [5.74, 6) is 0.382. The van der Waals surface area contributed by atoms with E-state index in [1.54, 1.807) is 9.58 Å². The molecule has 0 radical (unpaired) electrons. The van der Waals surface area contributed by atoms with Crippen molar-refractivity contribution in [3.05, 3.63) is 47.7 Å². The third-order valence-corrected chi connectivity index (χ3v) is 7.64. The van der Waals surface area contributed by atoms with E-state index in [9.17, 15) is 14.7 Å². The fourth-order valence-corrected chi connectivity index (χ4v) is 5.45. The predicted octanol–water partition coefficient (Wildman–Crippen LogP) is 6.73. The van der Waals surface area contributed by atoms with Crippen molar-refractivity contribution in [3.8, 4) is 5.69 Å². The second-order valence-electron chi connectivity index (χ2n) is 10.7. The van der Waals surface area contributed by atoms with Gasteiger partial charge in [-0.3, -0.25) is 9.69 Å². The Morgan fingerprint density at radius 2 is 1.69 bits per heavy atom. The molecule has 0 aliphatic heterocycles. The van der Waals surface area contributed by atoms with Crippen LogP contribution >= 0.6 is 0 Å². The summed E-state index contributed by atoms with van der Waals surface area (Å²) in [4.78, 5) is 27.2. The van der Waals surface area contributed by atoms with Crippen LogP contribution in [-0.2, 0) is 4.79 Å². The van der Waals surface area contributed by atoms with Crippen molar-refractivity contribution in [2.24, 2.45) is 17.8 Å². The molecule has 6 heteroatoms. The molecule has 4 rings (SSSR count). The highest BCUT2D eigenvalue weighted by molar-refractivity contribution is 6.01. The molecule has 188 valence electrons.